The molecule has 1 aromatic heterocycles. The van der Waals surface area contributed by atoms with Gasteiger partial charge in [-0.25, -0.2) is 9.37 Å². The third-order valence-corrected chi connectivity index (χ3v) is 3.73. The first-order chi connectivity index (χ1) is 12.2. The maximum atomic E-state index is 13.7. The van der Waals surface area contributed by atoms with Crippen LogP contribution in [0.25, 0.3) is 11.3 Å². The standard InChI is InChI=1S/C18H13FN4O2/c19-13-6-1-2-7-14(13)23-18-20-9-15(25-18)11-4-3-5-12(8-11)16-17(24)22-10-21-16/h1-9H,10H2,(H,20,23)(H,22,24). The average molecular weight is 336 g/mol. The normalized spacial score (nSPS) is 13.5. The van der Waals surface area contributed by atoms with Crippen LogP contribution in [0.4, 0.5) is 16.1 Å². The summed E-state index contributed by atoms with van der Waals surface area (Å²) in [6, 6.07) is 13.7. The molecule has 2 aromatic carbocycles. The van der Waals surface area contributed by atoms with E-state index in [-0.39, 0.29) is 24.3 Å². The van der Waals surface area contributed by atoms with E-state index in [1.165, 1.54) is 6.07 Å². The molecule has 0 saturated carbocycles. The van der Waals surface area contributed by atoms with E-state index in [0.717, 1.165) is 5.56 Å². The summed E-state index contributed by atoms with van der Waals surface area (Å²) in [7, 11) is 0. The molecule has 7 heteroatoms. The van der Waals surface area contributed by atoms with Gasteiger partial charge in [0.15, 0.2) is 5.76 Å². The summed E-state index contributed by atoms with van der Waals surface area (Å²) in [5.74, 6) is -0.0918. The van der Waals surface area contributed by atoms with Gasteiger partial charge in [0.1, 0.15) is 18.2 Å². The molecule has 124 valence electrons. The number of amides is 1. The molecule has 0 fully saturated rings. The lowest BCUT2D eigenvalue weighted by atomic mass is 10.1. The van der Waals surface area contributed by atoms with Crippen LogP contribution in [-0.2, 0) is 4.79 Å². The number of para-hydroxylation sites is 1. The van der Waals surface area contributed by atoms with Crippen LogP contribution >= 0.6 is 0 Å². The number of hydrogen-bond donors (Lipinski definition) is 2. The highest BCUT2D eigenvalue weighted by Crippen LogP contribution is 2.26. The minimum Gasteiger partial charge on any atom is -0.423 e. The fourth-order valence-corrected chi connectivity index (χ4v) is 2.53. The number of aromatic nitrogens is 1. The molecule has 6 nitrogen and oxygen atoms in total. The van der Waals surface area contributed by atoms with Crippen molar-refractivity contribution in [1.29, 1.82) is 0 Å². The smallest absolute Gasteiger partial charge is 0.299 e. The summed E-state index contributed by atoms with van der Waals surface area (Å²) in [6.07, 6.45) is 1.54. The van der Waals surface area contributed by atoms with Crippen LogP contribution in [0, 0.1) is 5.82 Å². The molecule has 0 bridgehead atoms. The first-order valence-electron chi connectivity index (χ1n) is 7.61. The van der Waals surface area contributed by atoms with E-state index in [4.69, 9.17) is 4.42 Å². The quantitative estimate of drug-likeness (QED) is 0.767. The molecule has 25 heavy (non-hydrogen) atoms. The highest BCUT2D eigenvalue weighted by atomic mass is 19.1. The van der Waals surface area contributed by atoms with Gasteiger partial charge in [0.05, 0.1) is 11.9 Å². The number of nitrogens with zero attached hydrogens (tertiary/aromatic N) is 2. The SMILES string of the molecule is O=C1NCN=C1c1cccc(-c2cnc(Nc3ccccc3F)o2)c1. The van der Waals surface area contributed by atoms with E-state index < -0.39 is 5.82 Å². The number of carbonyl (C=O) groups excluding carboxylic acids is 1. The van der Waals surface area contributed by atoms with E-state index in [0.29, 0.717) is 17.0 Å². The Morgan fingerprint density at radius 3 is 2.76 bits per heavy atom. The molecule has 0 atom stereocenters. The van der Waals surface area contributed by atoms with Crippen LogP contribution < -0.4 is 10.6 Å². The van der Waals surface area contributed by atoms with Crippen LogP contribution in [-0.4, -0.2) is 23.3 Å². The molecule has 1 amide bonds. The molecule has 4 rings (SSSR count). The van der Waals surface area contributed by atoms with E-state index in [9.17, 15) is 9.18 Å². The number of halogens is 1. The molecule has 1 aliphatic rings. The molecule has 2 N–H and O–H groups in total. The van der Waals surface area contributed by atoms with Gasteiger partial charge >= 0.3 is 0 Å². The lowest BCUT2D eigenvalue weighted by Crippen LogP contribution is -2.23. The summed E-state index contributed by atoms with van der Waals surface area (Å²) in [5, 5.41) is 5.44. The highest BCUT2D eigenvalue weighted by Gasteiger charge is 2.19. The molecule has 0 radical (unpaired) electrons. The number of hydrogen-bond acceptors (Lipinski definition) is 5. The van der Waals surface area contributed by atoms with Crippen molar-refractivity contribution in [2.24, 2.45) is 4.99 Å². The van der Waals surface area contributed by atoms with E-state index in [2.05, 4.69) is 20.6 Å². The Morgan fingerprint density at radius 1 is 1.12 bits per heavy atom. The average Bonchev–Trinajstić information content (AvgIpc) is 3.26. The summed E-state index contributed by atoms with van der Waals surface area (Å²) in [4.78, 5) is 20.0. The van der Waals surface area contributed by atoms with Gasteiger partial charge in [0, 0.05) is 11.1 Å². The maximum Gasteiger partial charge on any atom is 0.299 e. The first kappa shape index (κ1) is 15.1. The Balaban J connectivity index is 1.60. The van der Waals surface area contributed by atoms with Crippen molar-refractivity contribution in [2.75, 3.05) is 12.0 Å². The number of oxazole rings is 1. The van der Waals surface area contributed by atoms with Gasteiger partial charge in [0.2, 0.25) is 0 Å². The molecule has 0 unspecified atom stereocenters. The van der Waals surface area contributed by atoms with Crippen molar-refractivity contribution in [1.82, 2.24) is 10.3 Å². The second-order valence-electron chi connectivity index (χ2n) is 5.39. The molecule has 0 aliphatic carbocycles. The number of aliphatic imine (C=N–C) groups is 1. The number of carbonyl (C=O) groups is 1. The third kappa shape index (κ3) is 2.99. The highest BCUT2D eigenvalue weighted by molar-refractivity contribution is 6.46. The third-order valence-electron chi connectivity index (χ3n) is 3.73. The first-order valence-corrected chi connectivity index (χ1v) is 7.61. The number of rotatable bonds is 4. The molecule has 2 heterocycles. The zero-order valence-corrected chi connectivity index (χ0v) is 13.0. The molecular weight excluding hydrogens is 323 g/mol. The Kier molecular flexibility index (Phi) is 3.74. The molecular formula is C18H13FN4O2. The van der Waals surface area contributed by atoms with Gasteiger partial charge in [-0.3, -0.25) is 9.79 Å². The van der Waals surface area contributed by atoms with Gasteiger partial charge in [-0.05, 0) is 18.2 Å². The minimum absolute atomic E-state index is 0.182. The van der Waals surface area contributed by atoms with Crippen LogP contribution in [0.5, 0.6) is 0 Å². The lowest BCUT2D eigenvalue weighted by molar-refractivity contribution is -0.114. The van der Waals surface area contributed by atoms with E-state index in [1.54, 1.807) is 30.5 Å². The van der Waals surface area contributed by atoms with Gasteiger partial charge in [-0.15, -0.1) is 0 Å². The molecule has 1 aliphatic heterocycles. The Morgan fingerprint density at radius 2 is 1.96 bits per heavy atom. The fraction of sp³-hybridized carbons (Fsp3) is 0.0556. The lowest BCUT2D eigenvalue weighted by Gasteiger charge is -2.03. The Hall–Kier alpha value is -3.48. The summed E-state index contributed by atoms with van der Waals surface area (Å²) >= 11 is 0. The number of benzene rings is 2. The zero-order chi connectivity index (χ0) is 17.2. The summed E-state index contributed by atoms with van der Waals surface area (Å²) in [5.41, 5.74) is 2.12. The van der Waals surface area contributed by atoms with Crippen LogP contribution in [0.15, 0.2) is 64.1 Å². The van der Waals surface area contributed by atoms with Gasteiger partial charge in [0.25, 0.3) is 11.9 Å². The largest absolute Gasteiger partial charge is 0.423 e. The van der Waals surface area contributed by atoms with E-state index >= 15 is 0 Å². The Bertz CT molecular complexity index is 980. The molecule has 0 saturated heterocycles. The summed E-state index contributed by atoms with van der Waals surface area (Å²) < 4.78 is 19.3. The van der Waals surface area contributed by atoms with Crippen molar-refractivity contribution < 1.29 is 13.6 Å². The van der Waals surface area contributed by atoms with Gasteiger partial charge < -0.3 is 15.1 Å². The fourth-order valence-electron chi connectivity index (χ4n) is 2.53. The topological polar surface area (TPSA) is 79.5 Å². The minimum atomic E-state index is -0.394. The van der Waals surface area contributed by atoms with E-state index in [1.807, 2.05) is 18.2 Å². The van der Waals surface area contributed by atoms with Crippen molar-refractivity contribution in [3.63, 3.8) is 0 Å². The number of nitrogens with one attached hydrogen (secondary N) is 2. The van der Waals surface area contributed by atoms with Crippen molar-refractivity contribution >= 4 is 23.3 Å². The number of anilines is 2. The van der Waals surface area contributed by atoms with Gasteiger partial charge in [-0.2, -0.15) is 0 Å². The monoisotopic (exact) mass is 336 g/mol. The Labute approximate surface area is 142 Å². The second kappa shape index (κ2) is 6.20. The molecule has 0 spiro atoms. The van der Waals surface area contributed by atoms with Crippen molar-refractivity contribution in [2.45, 2.75) is 0 Å². The predicted molar refractivity (Wildman–Crippen MR) is 91.2 cm³/mol. The maximum absolute atomic E-state index is 13.7. The van der Waals surface area contributed by atoms with Gasteiger partial charge in [-0.1, -0.05) is 30.3 Å². The van der Waals surface area contributed by atoms with Crippen LogP contribution in [0.2, 0.25) is 0 Å². The van der Waals surface area contributed by atoms with Crippen molar-refractivity contribution in [3.8, 4) is 11.3 Å². The summed E-state index contributed by atoms with van der Waals surface area (Å²) in [6.45, 7) is 0.289. The van der Waals surface area contributed by atoms with Crippen LogP contribution in [0.3, 0.4) is 0 Å². The predicted octanol–water partition coefficient (Wildman–Crippen LogP) is 3.10. The zero-order valence-electron chi connectivity index (χ0n) is 13.0. The molecule has 3 aromatic rings. The van der Waals surface area contributed by atoms with Crippen LogP contribution in [0.1, 0.15) is 5.56 Å². The second-order valence-corrected chi connectivity index (χ2v) is 5.39. The van der Waals surface area contributed by atoms with Crippen molar-refractivity contribution in [3.05, 3.63) is 66.1 Å².